The second-order valence-electron chi connectivity index (χ2n) is 5.65. The zero-order valence-electron chi connectivity index (χ0n) is 12.2. The summed E-state index contributed by atoms with van der Waals surface area (Å²) in [6.07, 6.45) is -1.54. The highest BCUT2D eigenvalue weighted by atomic mass is 32.2. The first-order valence-electron chi connectivity index (χ1n) is 7.24. The lowest BCUT2D eigenvalue weighted by Gasteiger charge is -2.24. The lowest BCUT2D eigenvalue weighted by atomic mass is 9.99. The molecule has 1 atom stereocenters. The molecule has 1 aliphatic carbocycles. The van der Waals surface area contributed by atoms with Gasteiger partial charge in [-0.25, -0.2) is 17.5 Å². The number of halogens is 4. The molecule has 0 heterocycles. The zero-order chi connectivity index (χ0) is 17.3. The number of rotatable bonds is 5. The second-order valence-corrected chi connectivity index (χ2v) is 7.33. The van der Waals surface area contributed by atoms with Gasteiger partial charge in [0.25, 0.3) is 0 Å². The fourth-order valence-electron chi connectivity index (χ4n) is 2.92. The Balaban J connectivity index is 2.35. The van der Waals surface area contributed by atoms with Crippen LogP contribution in [-0.4, -0.2) is 21.0 Å². The molecule has 1 aromatic rings. The fourth-order valence-corrected chi connectivity index (χ4v) is 4.44. The van der Waals surface area contributed by atoms with Gasteiger partial charge in [0.15, 0.2) is 0 Å². The molecule has 130 valence electrons. The van der Waals surface area contributed by atoms with E-state index in [1.54, 1.807) is 0 Å². The van der Waals surface area contributed by atoms with Crippen molar-refractivity contribution in [1.82, 2.24) is 4.72 Å². The van der Waals surface area contributed by atoms with Gasteiger partial charge >= 0.3 is 6.18 Å². The van der Waals surface area contributed by atoms with Crippen LogP contribution in [0, 0.1) is 11.7 Å². The number of alkyl halides is 3. The maximum absolute atomic E-state index is 13.1. The summed E-state index contributed by atoms with van der Waals surface area (Å²) in [6.45, 7) is -0.00750. The molecule has 0 saturated heterocycles. The first-order valence-corrected chi connectivity index (χ1v) is 8.72. The van der Waals surface area contributed by atoms with Gasteiger partial charge in [-0.15, -0.1) is 0 Å². The third kappa shape index (κ3) is 4.21. The van der Waals surface area contributed by atoms with E-state index in [9.17, 15) is 26.0 Å². The van der Waals surface area contributed by atoms with Crippen molar-refractivity contribution in [3.8, 4) is 0 Å². The molecule has 0 spiro atoms. The SMILES string of the molecule is NCC(NS(=O)(=O)c1ccc(F)cc1C(F)(F)F)C1CCCC1. The number of hydrogen-bond acceptors (Lipinski definition) is 3. The quantitative estimate of drug-likeness (QED) is 0.799. The van der Waals surface area contributed by atoms with Crippen molar-refractivity contribution in [2.24, 2.45) is 11.7 Å². The average molecular weight is 354 g/mol. The maximum Gasteiger partial charge on any atom is 0.417 e. The van der Waals surface area contributed by atoms with Crippen LogP contribution in [0.15, 0.2) is 23.1 Å². The first kappa shape index (κ1) is 18.2. The van der Waals surface area contributed by atoms with Crippen molar-refractivity contribution in [1.29, 1.82) is 0 Å². The van der Waals surface area contributed by atoms with Crippen molar-refractivity contribution >= 4 is 10.0 Å². The van der Waals surface area contributed by atoms with E-state index in [1.807, 2.05) is 0 Å². The Kier molecular flexibility index (Phi) is 5.32. The van der Waals surface area contributed by atoms with Gasteiger partial charge < -0.3 is 5.73 Å². The van der Waals surface area contributed by atoms with E-state index in [-0.39, 0.29) is 18.5 Å². The van der Waals surface area contributed by atoms with Crippen LogP contribution in [0.4, 0.5) is 17.6 Å². The summed E-state index contributed by atoms with van der Waals surface area (Å²) >= 11 is 0. The summed E-state index contributed by atoms with van der Waals surface area (Å²) < 4.78 is 79.0. The topological polar surface area (TPSA) is 72.2 Å². The lowest BCUT2D eigenvalue weighted by molar-refractivity contribution is -0.140. The molecule has 1 saturated carbocycles. The molecule has 1 fully saturated rings. The molecule has 0 aliphatic heterocycles. The van der Waals surface area contributed by atoms with Crippen molar-refractivity contribution < 1.29 is 26.0 Å². The third-order valence-corrected chi connectivity index (χ3v) is 5.61. The van der Waals surface area contributed by atoms with E-state index < -0.39 is 38.5 Å². The van der Waals surface area contributed by atoms with Gasteiger partial charge in [0, 0.05) is 12.6 Å². The summed E-state index contributed by atoms with van der Waals surface area (Å²) in [6, 6.07) is 0.870. The van der Waals surface area contributed by atoms with Crippen molar-refractivity contribution in [3.63, 3.8) is 0 Å². The molecular formula is C14H18F4N2O2S. The minimum Gasteiger partial charge on any atom is -0.329 e. The van der Waals surface area contributed by atoms with E-state index in [2.05, 4.69) is 4.72 Å². The predicted molar refractivity (Wildman–Crippen MR) is 76.5 cm³/mol. The molecule has 0 radical (unpaired) electrons. The molecular weight excluding hydrogens is 336 g/mol. The van der Waals surface area contributed by atoms with Gasteiger partial charge in [-0.1, -0.05) is 12.8 Å². The molecule has 23 heavy (non-hydrogen) atoms. The molecule has 2 rings (SSSR count). The van der Waals surface area contributed by atoms with Crippen LogP contribution in [0.1, 0.15) is 31.2 Å². The summed E-state index contributed by atoms with van der Waals surface area (Å²) in [7, 11) is -4.46. The Morgan fingerprint density at radius 1 is 1.26 bits per heavy atom. The van der Waals surface area contributed by atoms with Gasteiger partial charge in [-0.05, 0) is 37.0 Å². The van der Waals surface area contributed by atoms with Gasteiger partial charge in [0.2, 0.25) is 10.0 Å². The Bertz CT molecular complexity index is 655. The monoisotopic (exact) mass is 354 g/mol. The molecule has 0 bridgehead atoms. The van der Waals surface area contributed by atoms with E-state index in [1.165, 1.54) is 0 Å². The van der Waals surface area contributed by atoms with Gasteiger partial charge in [-0.3, -0.25) is 0 Å². The molecule has 4 nitrogen and oxygen atoms in total. The number of nitrogens with one attached hydrogen (secondary N) is 1. The number of nitrogens with two attached hydrogens (primary N) is 1. The summed E-state index contributed by atoms with van der Waals surface area (Å²) in [5, 5.41) is 0. The van der Waals surface area contributed by atoms with Gasteiger partial charge in [0.05, 0.1) is 10.5 Å². The minimum absolute atomic E-state index is 0.00422. The standard InChI is InChI=1S/C14H18F4N2O2S/c15-10-5-6-13(11(7-10)14(16,17)18)23(21,22)20-12(8-19)9-3-1-2-4-9/h5-7,9,12,20H,1-4,8,19H2. The van der Waals surface area contributed by atoms with Gasteiger partial charge in [-0.2, -0.15) is 13.2 Å². The Morgan fingerprint density at radius 2 is 1.87 bits per heavy atom. The Hall–Kier alpha value is -1.19. The Labute approximate surface area is 132 Å². The van der Waals surface area contributed by atoms with E-state index in [0.717, 1.165) is 25.7 Å². The molecule has 1 aliphatic rings. The van der Waals surface area contributed by atoms with E-state index in [0.29, 0.717) is 12.1 Å². The predicted octanol–water partition coefficient (Wildman–Crippen LogP) is 2.64. The van der Waals surface area contributed by atoms with Crippen LogP contribution >= 0.6 is 0 Å². The van der Waals surface area contributed by atoms with Crippen LogP contribution in [0.2, 0.25) is 0 Å². The highest BCUT2D eigenvalue weighted by molar-refractivity contribution is 7.89. The zero-order valence-corrected chi connectivity index (χ0v) is 13.1. The van der Waals surface area contributed by atoms with E-state index in [4.69, 9.17) is 5.73 Å². The smallest absolute Gasteiger partial charge is 0.329 e. The lowest BCUT2D eigenvalue weighted by Crippen LogP contribution is -2.44. The second kappa shape index (κ2) is 6.74. The molecule has 1 aromatic carbocycles. The molecule has 9 heteroatoms. The van der Waals surface area contributed by atoms with Crippen molar-refractivity contribution in [2.45, 2.75) is 42.8 Å². The summed E-state index contributed by atoms with van der Waals surface area (Å²) in [5.41, 5.74) is 4.06. The summed E-state index contributed by atoms with van der Waals surface area (Å²) in [5.74, 6) is -1.15. The van der Waals surface area contributed by atoms with Crippen LogP contribution in [-0.2, 0) is 16.2 Å². The minimum atomic E-state index is -4.97. The molecule has 0 amide bonds. The highest BCUT2D eigenvalue weighted by Crippen LogP contribution is 2.35. The first-order chi connectivity index (χ1) is 10.6. The van der Waals surface area contributed by atoms with Crippen molar-refractivity contribution in [3.05, 3.63) is 29.6 Å². The van der Waals surface area contributed by atoms with E-state index >= 15 is 0 Å². The van der Waals surface area contributed by atoms with Crippen molar-refractivity contribution in [2.75, 3.05) is 6.54 Å². The fraction of sp³-hybridized carbons (Fsp3) is 0.571. The van der Waals surface area contributed by atoms with Crippen LogP contribution < -0.4 is 10.5 Å². The van der Waals surface area contributed by atoms with Crippen LogP contribution in [0.25, 0.3) is 0 Å². The van der Waals surface area contributed by atoms with Crippen LogP contribution in [0.3, 0.4) is 0 Å². The molecule has 1 unspecified atom stereocenters. The average Bonchev–Trinajstić information content (AvgIpc) is 2.97. The largest absolute Gasteiger partial charge is 0.417 e. The normalized spacial score (nSPS) is 18.3. The number of benzene rings is 1. The van der Waals surface area contributed by atoms with Crippen LogP contribution in [0.5, 0.6) is 0 Å². The highest BCUT2D eigenvalue weighted by Gasteiger charge is 2.39. The molecule has 0 aromatic heterocycles. The maximum atomic E-state index is 13.1. The summed E-state index contributed by atoms with van der Waals surface area (Å²) in [4.78, 5) is -0.983. The number of hydrogen-bond donors (Lipinski definition) is 2. The third-order valence-electron chi connectivity index (χ3n) is 4.07. The number of sulfonamides is 1. The molecule has 3 N–H and O–H groups in total. The van der Waals surface area contributed by atoms with Gasteiger partial charge in [0.1, 0.15) is 5.82 Å². The Morgan fingerprint density at radius 3 is 2.39 bits per heavy atom.